The quantitative estimate of drug-likeness (QED) is 0.122. The van der Waals surface area contributed by atoms with Gasteiger partial charge in [-0.25, -0.2) is 0 Å². The van der Waals surface area contributed by atoms with Crippen LogP contribution in [-0.4, -0.2) is 29.8 Å². The second kappa shape index (κ2) is 17.2. The Bertz CT molecular complexity index is 732. The molecule has 5 aliphatic rings. The highest BCUT2D eigenvalue weighted by atomic mass is 35.5. The molecule has 256 valence electrons. The molecule has 0 aliphatic heterocycles. The Morgan fingerprint density at radius 2 is 0.795 bits per heavy atom. The van der Waals surface area contributed by atoms with Crippen molar-refractivity contribution in [2.75, 3.05) is 13.2 Å². The summed E-state index contributed by atoms with van der Waals surface area (Å²) in [5.41, 5.74) is 0.396. The topological polar surface area (TPSA) is 18.5 Å². The lowest BCUT2D eigenvalue weighted by Gasteiger charge is -2.69. The lowest BCUT2D eigenvalue weighted by Crippen LogP contribution is -2.66. The van der Waals surface area contributed by atoms with Gasteiger partial charge in [-0.05, 0) is 146 Å². The predicted molar refractivity (Wildman–Crippen MR) is 189 cm³/mol. The fourth-order valence-corrected chi connectivity index (χ4v) is 12.0. The summed E-state index contributed by atoms with van der Waals surface area (Å²) in [7, 11) is 0. The smallest absolute Gasteiger partial charge is 0.129 e. The molecule has 5 rings (SSSR count). The zero-order valence-electron chi connectivity index (χ0n) is 29.0. The van der Waals surface area contributed by atoms with Gasteiger partial charge in [0.05, 0.1) is 12.2 Å². The minimum atomic E-state index is -0.499. The van der Waals surface area contributed by atoms with Crippen LogP contribution >= 0.6 is 23.2 Å². The van der Waals surface area contributed by atoms with E-state index in [0.29, 0.717) is 12.2 Å². The van der Waals surface area contributed by atoms with Gasteiger partial charge in [-0.2, -0.15) is 0 Å². The number of hydrogen-bond acceptors (Lipinski definition) is 2. The average molecular weight is 654 g/mol. The maximum Gasteiger partial charge on any atom is 0.129 e. The molecule has 0 heterocycles. The highest BCUT2D eigenvalue weighted by Crippen LogP contribution is 2.77. The van der Waals surface area contributed by atoms with Gasteiger partial charge in [-0.1, -0.05) is 65.2 Å². The molecule has 0 aromatic heterocycles. The first kappa shape index (κ1) is 35.8. The number of rotatable bonds is 16. The maximum absolute atomic E-state index is 7.49. The SMILES string of the molecule is CCCCCCCOC1CCC(C2CC[C@]3(CC2)C[C@@]2(CC[C@H](C4CCC(OCCCCCCC)CC4)CC2)C3(Cl)Cl)CC1. The van der Waals surface area contributed by atoms with Crippen molar-refractivity contribution in [3.63, 3.8) is 0 Å². The van der Waals surface area contributed by atoms with Crippen LogP contribution in [0, 0.1) is 34.5 Å². The Labute approximate surface area is 283 Å². The third-order valence-corrected chi connectivity index (χ3v) is 15.6. The van der Waals surface area contributed by atoms with Crippen LogP contribution in [0.15, 0.2) is 0 Å². The summed E-state index contributed by atoms with van der Waals surface area (Å²) in [5, 5.41) is 0. The third kappa shape index (κ3) is 8.55. The Morgan fingerprint density at radius 3 is 1.14 bits per heavy atom. The lowest BCUT2D eigenvalue weighted by atomic mass is 9.42. The predicted octanol–water partition coefficient (Wildman–Crippen LogP) is 13.0. The molecular formula is C40H70Cl2O2. The van der Waals surface area contributed by atoms with E-state index in [1.54, 1.807) is 0 Å². The molecule has 0 aromatic carbocycles. The molecule has 0 N–H and O–H groups in total. The second-order valence-electron chi connectivity index (χ2n) is 16.6. The third-order valence-electron chi connectivity index (χ3n) is 14.0. The number of ether oxygens (including phenoxy) is 2. The van der Waals surface area contributed by atoms with Gasteiger partial charge in [-0.3, -0.25) is 0 Å². The molecule has 0 saturated heterocycles. The van der Waals surface area contributed by atoms with Gasteiger partial charge in [0.1, 0.15) is 4.33 Å². The van der Waals surface area contributed by atoms with Gasteiger partial charge >= 0.3 is 0 Å². The fraction of sp³-hybridized carbons (Fsp3) is 1.00. The molecule has 2 nitrogen and oxygen atoms in total. The summed E-state index contributed by atoms with van der Waals surface area (Å²) in [4.78, 5) is 0. The highest BCUT2D eigenvalue weighted by molar-refractivity contribution is 6.50. The summed E-state index contributed by atoms with van der Waals surface area (Å²) < 4.78 is 12.1. The number of unbranched alkanes of at least 4 members (excludes halogenated alkanes) is 8. The Morgan fingerprint density at radius 1 is 0.455 bits per heavy atom. The van der Waals surface area contributed by atoms with E-state index in [4.69, 9.17) is 32.7 Å². The normalized spacial score (nSPS) is 39.0. The summed E-state index contributed by atoms with van der Waals surface area (Å²) in [6.45, 7) is 6.54. The van der Waals surface area contributed by atoms with E-state index in [0.717, 1.165) is 36.9 Å². The summed E-state index contributed by atoms with van der Waals surface area (Å²) in [5.74, 6) is 3.61. The van der Waals surface area contributed by atoms with Crippen LogP contribution in [0.25, 0.3) is 0 Å². The summed E-state index contributed by atoms with van der Waals surface area (Å²) in [6, 6.07) is 0. The Kier molecular flexibility index (Phi) is 14.0. The van der Waals surface area contributed by atoms with Gasteiger partial charge in [0.15, 0.2) is 0 Å². The van der Waals surface area contributed by atoms with Crippen LogP contribution in [0.4, 0.5) is 0 Å². The molecule has 0 atom stereocenters. The molecule has 5 fully saturated rings. The van der Waals surface area contributed by atoms with E-state index < -0.39 is 4.33 Å². The monoisotopic (exact) mass is 652 g/mol. The van der Waals surface area contributed by atoms with Crippen LogP contribution in [0.1, 0.15) is 187 Å². The van der Waals surface area contributed by atoms with E-state index in [2.05, 4.69) is 13.8 Å². The van der Waals surface area contributed by atoms with Crippen molar-refractivity contribution in [2.24, 2.45) is 34.5 Å². The average Bonchev–Trinajstić information content (AvgIpc) is 3.05. The number of alkyl halides is 2. The van der Waals surface area contributed by atoms with Crippen LogP contribution in [0.5, 0.6) is 0 Å². The van der Waals surface area contributed by atoms with Crippen molar-refractivity contribution in [1.82, 2.24) is 0 Å². The van der Waals surface area contributed by atoms with Crippen LogP contribution < -0.4 is 0 Å². The van der Waals surface area contributed by atoms with Crippen molar-refractivity contribution in [2.45, 2.75) is 204 Å². The zero-order valence-corrected chi connectivity index (χ0v) is 30.6. The van der Waals surface area contributed by atoms with Gasteiger partial charge in [0.25, 0.3) is 0 Å². The van der Waals surface area contributed by atoms with Crippen LogP contribution in [-0.2, 0) is 9.47 Å². The van der Waals surface area contributed by atoms with Crippen LogP contribution in [0.3, 0.4) is 0 Å². The lowest BCUT2D eigenvalue weighted by molar-refractivity contribution is -0.123. The fourth-order valence-electron chi connectivity index (χ4n) is 11.0. The van der Waals surface area contributed by atoms with E-state index in [1.165, 1.54) is 173 Å². The highest BCUT2D eigenvalue weighted by Gasteiger charge is 2.72. The number of hydrogen-bond donors (Lipinski definition) is 0. The minimum absolute atomic E-state index is 0.198. The molecule has 0 unspecified atom stereocenters. The molecule has 4 heteroatoms. The summed E-state index contributed by atoms with van der Waals surface area (Å²) in [6.07, 6.45) is 36.9. The first-order valence-corrected chi connectivity index (χ1v) is 20.8. The maximum atomic E-state index is 7.49. The second-order valence-corrected chi connectivity index (χ2v) is 18.0. The summed E-state index contributed by atoms with van der Waals surface area (Å²) >= 11 is 15.0. The molecule has 0 bridgehead atoms. The van der Waals surface area contributed by atoms with Crippen molar-refractivity contribution in [1.29, 1.82) is 0 Å². The molecule has 5 aliphatic carbocycles. The van der Waals surface area contributed by atoms with Crippen molar-refractivity contribution < 1.29 is 9.47 Å². The minimum Gasteiger partial charge on any atom is -0.378 e. The Balaban J connectivity index is 0.968. The molecule has 2 spiro atoms. The van der Waals surface area contributed by atoms with E-state index in [1.807, 2.05) is 0 Å². The van der Waals surface area contributed by atoms with Gasteiger partial charge in [0, 0.05) is 24.0 Å². The van der Waals surface area contributed by atoms with Crippen molar-refractivity contribution in [3.8, 4) is 0 Å². The van der Waals surface area contributed by atoms with Crippen molar-refractivity contribution in [3.05, 3.63) is 0 Å². The first-order chi connectivity index (χ1) is 21.4. The largest absolute Gasteiger partial charge is 0.378 e. The molecule has 0 amide bonds. The first-order valence-electron chi connectivity index (χ1n) is 20.0. The Hall–Kier alpha value is 0.500. The van der Waals surface area contributed by atoms with Gasteiger partial charge in [-0.15, -0.1) is 23.2 Å². The van der Waals surface area contributed by atoms with E-state index >= 15 is 0 Å². The molecule has 44 heavy (non-hydrogen) atoms. The van der Waals surface area contributed by atoms with E-state index in [9.17, 15) is 0 Å². The van der Waals surface area contributed by atoms with Crippen molar-refractivity contribution >= 4 is 23.2 Å². The standard InChI is InChI=1S/C40H70Cl2O2/c1-3-5-7-9-11-29-43-36-17-13-32(14-18-36)34-21-25-38(26-22-34)31-39(40(38,41)42)27-23-35(24-28-39)33-15-19-37(20-16-33)44-30-12-10-8-6-4-2/h32-37H,3-31H2,1-2H3/t32?,33?,34-,35?,36?,37?,38-,39-. The van der Waals surface area contributed by atoms with E-state index in [-0.39, 0.29) is 10.8 Å². The molecule has 0 radical (unpaired) electrons. The molecular weight excluding hydrogens is 583 g/mol. The zero-order chi connectivity index (χ0) is 30.9. The van der Waals surface area contributed by atoms with Gasteiger partial charge < -0.3 is 9.47 Å². The number of halogens is 2. The van der Waals surface area contributed by atoms with Gasteiger partial charge in [0.2, 0.25) is 0 Å². The molecule has 0 aromatic rings. The van der Waals surface area contributed by atoms with Crippen LogP contribution in [0.2, 0.25) is 0 Å². The molecule has 5 saturated carbocycles.